The first-order chi connectivity index (χ1) is 7.95. The lowest BCUT2D eigenvalue weighted by Gasteiger charge is -2.15. The van der Waals surface area contributed by atoms with Gasteiger partial charge in [0.15, 0.2) is 0 Å². The lowest BCUT2D eigenvalue weighted by molar-refractivity contribution is 0.436. The van der Waals surface area contributed by atoms with Crippen molar-refractivity contribution in [2.24, 2.45) is 18.7 Å². The van der Waals surface area contributed by atoms with Gasteiger partial charge in [-0.25, -0.2) is 0 Å². The molecule has 0 aromatic carbocycles. The van der Waals surface area contributed by atoms with Gasteiger partial charge in [0, 0.05) is 18.8 Å². The van der Waals surface area contributed by atoms with Crippen LogP contribution in [0.1, 0.15) is 50.1 Å². The molecule has 1 aromatic heterocycles. The van der Waals surface area contributed by atoms with Crippen LogP contribution in [-0.4, -0.2) is 15.8 Å². The summed E-state index contributed by atoms with van der Waals surface area (Å²) >= 11 is 0. The summed E-state index contributed by atoms with van der Waals surface area (Å²) in [7, 11) is 2.00. The maximum atomic E-state index is 6.18. The van der Waals surface area contributed by atoms with Gasteiger partial charge in [0.05, 0.1) is 5.69 Å². The van der Waals surface area contributed by atoms with Crippen molar-refractivity contribution in [3.63, 3.8) is 0 Å². The van der Waals surface area contributed by atoms with Gasteiger partial charge in [0.25, 0.3) is 0 Å². The minimum Gasteiger partial charge on any atom is -0.328 e. The van der Waals surface area contributed by atoms with E-state index in [4.69, 9.17) is 5.73 Å². The highest BCUT2D eigenvalue weighted by molar-refractivity contribution is 5.24. The van der Waals surface area contributed by atoms with Crippen LogP contribution in [-0.2, 0) is 13.5 Å². The summed E-state index contributed by atoms with van der Waals surface area (Å²) in [6.07, 6.45) is 4.48. The molecule has 0 aliphatic heterocycles. The Morgan fingerprint density at radius 1 is 1.35 bits per heavy atom. The average Bonchev–Trinajstić information content (AvgIpc) is 2.51. The fraction of sp³-hybridized carbons (Fsp3) is 0.786. The Labute approximate surface area is 105 Å². The molecule has 0 radical (unpaired) electrons. The van der Waals surface area contributed by atoms with E-state index in [1.807, 2.05) is 11.7 Å². The molecule has 0 aliphatic rings. The van der Waals surface area contributed by atoms with Gasteiger partial charge in [0.2, 0.25) is 0 Å². The summed E-state index contributed by atoms with van der Waals surface area (Å²) in [5.41, 5.74) is 9.99. The highest BCUT2D eigenvalue weighted by atomic mass is 15.3. The van der Waals surface area contributed by atoms with Gasteiger partial charge in [0.1, 0.15) is 0 Å². The summed E-state index contributed by atoms with van der Waals surface area (Å²) in [5, 5.41) is 4.44. The Morgan fingerprint density at radius 3 is 2.47 bits per heavy atom. The van der Waals surface area contributed by atoms with Crippen LogP contribution < -0.4 is 5.73 Å². The first-order valence-electron chi connectivity index (χ1n) is 6.70. The minimum absolute atomic E-state index is 0.323. The van der Waals surface area contributed by atoms with Gasteiger partial charge in [-0.15, -0.1) is 0 Å². The molecule has 2 N–H and O–H groups in total. The Hall–Kier alpha value is -0.830. The van der Waals surface area contributed by atoms with E-state index in [1.54, 1.807) is 0 Å². The molecule has 0 aliphatic carbocycles. The fourth-order valence-corrected chi connectivity index (χ4v) is 2.31. The van der Waals surface area contributed by atoms with Gasteiger partial charge in [-0.05, 0) is 44.6 Å². The Balaban J connectivity index is 2.50. The molecule has 1 heterocycles. The number of hydrogen-bond donors (Lipinski definition) is 1. The van der Waals surface area contributed by atoms with E-state index < -0.39 is 0 Å². The van der Waals surface area contributed by atoms with Crippen LogP contribution in [0.4, 0.5) is 0 Å². The lowest BCUT2D eigenvalue weighted by Crippen LogP contribution is -2.23. The maximum Gasteiger partial charge on any atom is 0.0628 e. The van der Waals surface area contributed by atoms with Crippen molar-refractivity contribution in [3.05, 3.63) is 17.0 Å². The number of aryl methyl sites for hydroxylation is 2. The predicted molar refractivity (Wildman–Crippen MR) is 73.1 cm³/mol. The van der Waals surface area contributed by atoms with Crippen molar-refractivity contribution in [1.82, 2.24) is 9.78 Å². The summed E-state index contributed by atoms with van der Waals surface area (Å²) in [5.74, 6) is 0.737. The normalized spacial score (nSPS) is 14.9. The average molecular weight is 237 g/mol. The molecule has 0 spiro atoms. The SMILES string of the molecule is CCC(C)CC(N)CCc1c(C)nn(C)c1C. The first kappa shape index (κ1) is 14.2. The molecule has 0 saturated carbocycles. The zero-order valence-corrected chi connectivity index (χ0v) is 12.0. The van der Waals surface area contributed by atoms with Crippen LogP contribution >= 0.6 is 0 Å². The van der Waals surface area contributed by atoms with Crippen LogP contribution in [0.25, 0.3) is 0 Å². The van der Waals surface area contributed by atoms with Crippen molar-refractivity contribution >= 4 is 0 Å². The zero-order valence-electron chi connectivity index (χ0n) is 12.0. The van der Waals surface area contributed by atoms with Gasteiger partial charge < -0.3 is 5.73 Å². The highest BCUT2D eigenvalue weighted by Crippen LogP contribution is 2.17. The van der Waals surface area contributed by atoms with E-state index >= 15 is 0 Å². The van der Waals surface area contributed by atoms with Crippen LogP contribution in [0.2, 0.25) is 0 Å². The third-order valence-corrected chi connectivity index (χ3v) is 3.83. The first-order valence-corrected chi connectivity index (χ1v) is 6.70. The number of nitrogens with zero attached hydrogens (tertiary/aromatic N) is 2. The van der Waals surface area contributed by atoms with E-state index in [0.29, 0.717) is 6.04 Å². The lowest BCUT2D eigenvalue weighted by atomic mass is 9.95. The topological polar surface area (TPSA) is 43.8 Å². The Bertz CT molecular complexity index is 355. The number of rotatable bonds is 6. The second kappa shape index (κ2) is 6.20. The van der Waals surface area contributed by atoms with Crippen LogP contribution in [0.3, 0.4) is 0 Å². The molecule has 0 fully saturated rings. The standard InChI is InChI=1S/C14H27N3/c1-6-10(2)9-13(15)7-8-14-11(3)16-17(5)12(14)4/h10,13H,6-9,15H2,1-5H3. The smallest absolute Gasteiger partial charge is 0.0628 e. The molecule has 1 aromatic rings. The zero-order chi connectivity index (χ0) is 13.0. The van der Waals surface area contributed by atoms with Crippen molar-refractivity contribution in [1.29, 1.82) is 0 Å². The van der Waals surface area contributed by atoms with E-state index in [9.17, 15) is 0 Å². The van der Waals surface area contributed by atoms with Gasteiger partial charge >= 0.3 is 0 Å². The van der Waals surface area contributed by atoms with Crippen molar-refractivity contribution in [3.8, 4) is 0 Å². The molecule has 3 nitrogen and oxygen atoms in total. The third-order valence-electron chi connectivity index (χ3n) is 3.83. The van der Waals surface area contributed by atoms with Gasteiger partial charge in [-0.1, -0.05) is 20.3 Å². The molecule has 0 saturated heterocycles. The number of hydrogen-bond acceptors (Lipinski definition) is 2. The molecule has 3 heteroatoms. The van der Waals surface area contributed by atoms with Crippen molar-refractivity contribution in [2.45, 2.75) is 59.4 Å². The molecule has 1 rings (SSSR count). The molecule has 2 atom stereocenters. The van der Waals surface area contributed by atoms with Gasteiger partial charge in [-0.3, -0.25) is 4.68 Å². The molecular weight excluding hydrogens is 210 g/mol. The molecule has 17 heavy (non-hydrogen) atoms. The monoisotopic (exact) mass is 237 g/mol. The largest absolute Gasteiger partial charge is 0.328 e. The van der Waals surface area contributed by atoms with E-state index in [2.05, 4.69) is 32.8 Å². The third kappa shape index (κ3) is 3.84. The quantitative estimate of drug-likeness (QED) is 0.826. The molecule has 0 amide bonds. The Morgan fingerprint density at radius 2 is 2.00 bits per heavy atom. The van der Waals surface area contributed by atoms with Crippen molar-refractivity contribution < 1.29 is 0 Å². The Kier molecular flexibility index (Phi) is 5.19. The van der Waals surface area contributed by atoms with E-state index in [-0.39, 0.29) is 0 Å². The van der Waals surface area contributed by atoms with Crippen LogP contribution in [0, 0.1) is 19.8 Å². The molecule has 0 bridgehead atoms. The van der Waals surface area contributed by atoms with Crippen molar-refractivity contribution in [2.75, 3.05) is 0 Å². The van der Waals surface area contributed by atoms with Gasteiger partial charge in [-0.2, -0.15) is 5.10 Å². The van der Waals surface area contributed by atoms with Crippen LogP contribution in [0.15, 0.2) is 0 Å². The summed E-state index contributed by atoms with van der Waals surface area (Å²) < 4.78 is 1.96. The van der Waals surface area contributed by atoms with E-state index in [1.165, 1.54) is 17.7 Å². The second-order valence-electron chi connectivity index (χ2n) is 5.32. The number of nitrogens with two attached hydrogens (primary N) is 1. The summed E-state index contributed by atoms with van der Waals surface area (Å²) in [6, 6.07) is 0.323. The van der Waals surface area contributed by atoms with E-state index in [0.717, 1.165) is 30.9 Å². The summed E-state index contributed by atoms with van der Waals surface area (Å²) in [4.78, 5) is 0. The predicted octanol–water partition coefficient (Wildman–Crippen LogP) is 2.73. The maximum absolute atomic E-state index is 6.18. The highest BCUT2D eigenvalue weighted by Gasteiger charge is 2.12. The molecular formula is C14H27N3. The fourth-order valence-electron chi connectivity index (χ4n) is 2.31. The number of aromatic nitrogens is 2. The van der Waals surface area contributed by atoms with Crippen LogP contribution in [0.5, 0.6) is 0 Å². The molecule has 98 valence electrons. The second-order valence-corrected chi connectivity index (χ2v) is 5.32. The molecule has 2 unspecified atom stereocenters. The summed E-state index contributed by atoms with van der Waals surface area (Å²) in [6.45, 7) is 8.73. The minimum atomic E-state index is 0.323.